The van der Waals surface area contributed by atoms with Gasteiger partial charge in [-0.05, 0) is 96.1 Å². The minimum atomic E-state index is -0.517. The zero-order chi connectivity index (χ0) is 40.8. The molecule has 0 aliphatic heterocycles. The molecular formula is C60H38N2. The monoisotopic (exact) mass is 786 g/mol. The van der Waals surface area contributed by atoms with Gasteiger partial charge in [-0.15, -0.1) is 0 Å². The first-order valence-corrected chi connectivity index (χ1v) is 21.5. The topological polar surface area (TPSA) is 25.8 Å². The maximum absolute atomic E-state index is 5.17. The third-order valence-electron chi connectivity index (χ3n) is 13.8. The fourth-order valence-electron chi connectivity index (χ4n) is 11.3. The van der Waals surface area contributed by atoms with E-state index in [0.29, 0.717) is 5.82 Å². The van der Waals surface area contributed by atoms with Crippen LogP contribution in [0, 0.1) is 0 Å². The number of hydrogen-bond acceptors (Lipinski definition) is 2. The van der Waals surface area contributed by atoms with Gasteiger partial charge in [-0.3, -0.25) is 0 Å². The molecule has 13 rings (SSSR count). The van der Waals surface area contributed by atoms with Gasteiger partial charge in [0, 0.05) is 16.7 Å². The van der Waals surface area contributed by atoms with Gasteiger partial charge in [0.05, 0.1) is 22.2 Å². The molecule has 2 unspecified atom stereocenters. The highest BCUT2D eigenvalue weighted by Crippen LogP contribution is 2.68. The Balaban J connectivity index is 1.02. The lowest BCUT2D eigenvalue weighted by Gasteiger charge is -2.48. The van der Waals surface area contributed by atoms with Crippen molar-refractivity contribution in [3.8, 4) is 67.3 Å². The lowest BCUT2D eigenvalue weighted by molar-refractivity contribution is 0.636. The largest absolute Gasteiger partial charge is 0.228 e. The minimum Gasteiger partial charge on any atom is -0.228 e. The standard InChI is InChI=1S/C60H38N2/c1-4-18-39(19-5-1)55-38-56(62-58(61-55)40-20-6-2-7-21-40)43-23-16-22-41(36-43)42-34-35-51-48(37-42)46-27-11-13-30-50(46)60(51)53-32-15-14-31-52(53)59(44-24-8-3-9-25-44)49-29-12-10-26-45(49)47-28-17-33-54(60)57(47)59/h1-38H. The van der Waals surface area contributed by atoms with Crippen LogP contribution in [-0.4, -0.2) is 9.97 Å². The Hall–Kier alpha value is -7.94. The molecule has 62 heavy (non-hydrogen) atoms. The predicted molar refractivity (Wildman–Crippen MR) is 252 cm³/mol. The van der Waals surface area contributed by atoms with E-state index in [-0.39, 0.29) is 0 Å². The maximum atomic E-state index is 5.17. The van der Waals surface area contributed by atoms with Gasteiger partial charge in [-0.1, -0.05) is 212 Å². The Bertz CT molecular complexity index is 3350. The second-order valence-electron chi connectivity index (χ2n) is 16.8. The highest BCUT2D eigenvalue weighted by atomic mass is 14.9. The van der Waals surface area contributed by atoms with Crippen LogP contribution in [0.5, 0.6) is 0 Å². The van der Waals surface area contributed by atoms with E-state index < -0.39 is 10.8 Å². The van der Waals surface area contributed by atoms with Crippen LogP contribution in [0.1, 0.15) is 44.5 Å². The molecule has 3 aliphatic rings. The van der Waals surface area contributed by atoms with Crippen molar-refractivity contribution in [2.75, 3.05) is 0 Å². The van der Waals surface area contributed by atoms with Crippen molar-refractivity contribution in [3.63, 3.8) is 0 Å². The molecule has 0 amide bonds. The van der Waals surface area contributed by atoms with Crippen molar-refractivity contribution < 1.29 is 0 Å². The van der Waals surface area contributed by atoms with Gasteiger partial charge in [0.15, 0.2) is 5.82 Å². The Morgan fingerprint density at radius 1 is 0.258 bits per heavy atom. The molecule has 1 aromatic heterocycles. The summed E-state index contributed by atoms with van der Waals surface area (Å²) in [4.78, 5) is 10.2. The number of hydrogen-bond donors (Lipinski definition) is 0. The van der Waals surface area contributed by atoms with E-state index in [9.17, 15) is 0 Å². The summed E-state index contributed by atoms with van der Waals surface area (Å²) in [7, 11) is 0. The summed E-state index contributed by atoms with van der Waals surface area (Å²) in [5, 5.41) is 0. The van der Waals surface area contributed by atoms with Crippen LogP contribution in [0.2, 0.25) is 0 Å². The normalized spacial score (nSPS) is 17.2. The van der Waals surface area contributed by atoms with Crippen molar-refractivity contribution in [1.82, 2.24) is 9.97 Å². The van der Waals surface area contributed by atoms with Gasteiger partial charge >= 0.3 is 0 Å². The van der Waals surface area contributed by atoms with Crippen LogP contribution in [0.3, 0.4) is 0 Å². The number of fused-ring (bicyclic) bond motifs is 12. The molecular weight excluding hydrogens is 749 g/mol. The third-order valence-corrected chi connectivity index (χ3v) is 13.8. The fourth-order valence-corrected chi connectivity index (χ4v) is 11.3. The molecule has 1 spiro atoms. The lowest BCUT2D eigenvalue weighted by atomic mass is 9.52. The minimum absolute atomic E-state index is 0.453. The molecule has 0 N–H and O–H groups in total. The van der Waals surface area contributed by atoms with Gasteiger partial charge in [0.2, 0.25) is 0 Å². The Labute approximate surface area is 361 Å². The molecule has 0 saturated heterocycles. The molecule has 1 heterocycles. The average Bonchev–Trinajstić information content (AvgIpc) is 3.83. The van der Waals surface area contributed by atoms with Crippen LogP contribution < -0.4 is 0 Å². The lowest BCUT2D eigenvalue weighted by Crippen LogP contribution is -2.43. The summed E-state index contributed by atoms with van der Waals surface area (Å²) >= 11 is 0. The molecule has 0 radical (unpaired) electrons. The summed E-state index contributed by atoms with van der Waals surface area (Å²) in [6.45, 7) is 0. The van der Waals surface area contributed by atoms with Gasteiger partial charge < -0.3 is 0 Å². The third kappa shape index (κ3) is 4.69. The number of aromatic nitrogens is 2. The molecule has 3 aliphatic carbocycles. The van der Waals surface area contributed by atoms with Crippen molar-refractivity contribution in [2.45, 2.75) is 10.8 Å². The van der Waals surface area contributed by atoms with Crippen molar-refractivity contribution in [2.24, 2.45) is 0 Å². The molecule has 2 nitrogen and oxygen atoms in total. The molecule has 288 valence electrons. The van der Waals surface area contributed by atoms with E-state index in [2.05, 4.69) is 206 Å². The van der Waals surface area contributed by atoms with Crippen molar-refractivity contribution in [1.29, 1.82) is 0 Å². The Morgan fingerprint density at radius 2 is 0.726 bits per heavy atom. The van der Waals surface area contributed by atoms with Crippen LogP contribution in [0.15, 0.2) is 231 Å². The smallest absolute Gasteiger partial charge is 0.160 e. The maximum Gasteiger partial charge on any atom is 0.160 e. The molecule has 0 bridgehead atoms. The average molecular weight is 787 g/mol. The first kappa shape index (κ1) is 34.9. The summed E-state index contributed by atoms with van der Waals surface area (Å²) in [5.74, 6) is 0.714. The molecule has 0 saturated carbocycles. The highest BCUT2D eigenvalue weighted by molar-refractivity contribution is 5.96. The summed E-state index contributed by atoms with van der Waals surface area (Å²) in [5.41, 5.74) is 22.2. The van der Waals surface area contributed by atoms with E-state index in [1.165, 1.54) is 72.3 Å². The van der Waals surface area contributed by atoms with Crippen molar-refractivity contribution >= 4 is 0 Å². The highest BCUT2D eigenvalue weighted by Gasteiger charge is 2.59. The number of rotatable bonds is 5. The van der Waals surface area contributed by atoms with Gasteiger partial charge in [0.1, 0.15) is 0 Å². The van der Waals surface area contributed by atoms with E-state index in [0.717, 1.165) is 33.6 Å². The Morgan fingerprint density at radius 3 is 1.45 bits per heavy atom. The summed E-state index contributed by atoms with van der Waals surface area (Å²) in [6.07, 6.45) is 0. The molecule has 0 fully saturated rings. The van der Waals surface area contributed by atoms with E-state index in [1.807, 2.05) is 24.3 Å². The van der Waals surface area contributed by atoms with Gasteiger partial charge in [0.25, 0.3) is 0 Å². The summed E-state index contributed by atoms with van der Waals surface area (Å²) < 4.78 is 0. The number of nitrogens with zero attached hydrogens (tertiary/aromatic N) is 2. The fraction of sp³-hybridized carbons (Fsp3) is 0.0333. The zero-order valence-electron chi connectivity index (χ0n) is 33.8. The second kappa shape index (κ2) is 13.3. The molecule has 2 heteroatoms. The second-order valence-corrected chi connectivity index (χ2v) is 16.8. The zero-order valence-corrected chi connectivity index (χ0v) is 33.8. The van der Waals surface area contributed by atoms with E-state index in [1.54, 1.807) is 0 Å². The van der Waals surface area contributed by atoms with Crippen LogP contribution in [0.4, 0.5) is 0 Å². The number of benzene rings is 9. The summed E-state index contributed by atoms with van der Waals surface area (Å²) in [6, 6.07) is 84.7. The SMILES string of the molecule is c1ccc(-c2cc(-c3cccc(-c4ccc5c(c4)-c4ccccc4C54c5ccccc5C5(c6ccccc6)c6ccccc6-c6cccc4c65)c3)nc(-c3ccccc3)n2)cc1. The van der Waals surface area contributed by atoms with E-state index >= 15 is 0 Å². The van der Waals surface area contributed by atoms with E-state index in [4.69, 9.17) is 9.97 Å². The predicted octanol–water partition coefficient (Wildman–Crippen LogP) is 14.2. The van der Waals surface area contributed by atoms with Gasteiger partial charge in [-0.25, -0.2) is 9.97 Å². The Kier molecular flexibility index (Phi) is 7.47. The molecule has 10 aromatic rings. The molecule has 9 aromatic carbocycles. The molecule has 2 atom stereocenters. The van der Waals surface area contributed by atoms with Crippen LogP contribution >= 0.6 is 0 Å². The first-order chi connectivity index (χ1) is 30.7. The van der Waals surface area contributed by atoms with Crippen LogP contribution in [0.25, 0.3) is 67.3 Å². The van der Waals surface area contributed by atoms with Gasteiger partial charge in [-0.2, -0.15) is 0 Å². The van der Waals surface area contributed by atoms with Crippen molar-refractivity contribution in [3.05, 3.63) is 275 Å². The quantitative estimate of drug-likeness (QED) is 0.174. The van der Waals surface area contributed by atoms with Crippen LogP contribution in [-0.2, 0) is 10.8 Å². The first-order valence-electron chi connectivity index (χ1n) is 21.5.